The molecule has 1 heterocycles. The summed E-state index contributed by atoms with van der Waals surface area (Å²) in [5.41, 5.74) is 0.488. The lowest BCUT2D eigenvalue weighted by molar-refractivity contribution is 0.112. The van der Waals surface area contributed by atoms with Gasteiger partial charge in [-0.05, 0) is 12.1 Å². The number of aromatic nitrogens is 1. The zero-order valence-electron chi connectivity index (χ0n) is 6.79. The smallest absolute Gasteiger partial charge is 0.151 e. The largest absolute Gasteiger partial charge is 0.322 e. The van der Waals surface area contributed by atoms with Crippen molar-refractivity contribution < 1.29 is 4.79 Å². The van der Waals surface area contributed by atoms with Crippen LogP contribution in [0.5, 0.6) is 0 Å². The molecule has 1 rings (SSSR count). The Morgan fingerprint density at radius 2 is 2.31 bits per heavy atom. The molecule has 0 amide bonds. The van der Waals surface area contributed by atoms with Gasteiger partial charge < -0.3 is 5.84 Å². The molecular weight excluding hydrogens is 170 g/mol. The number of hydrazone groups is 1. The SMILES string of the molecule is N/N=C\N(N)c1ccc(C=O)cn1. The second-order valence-corrected chi connectivity index (χ2v) is 2.24. The molecule has 0 radical (unpaired) electrons. The molecule has 0 aliphatic carbocycles. The molecule has 4 N–H and O–H groups in total. The Morgan fingerprint density at radius 3 is 2.77 bits per heavy atom. The first-order valence-corrected chi connectivity index (χ1v) is 3.46. The van der Waals surface area contributed by atoms with Crippen LogP contribution in [0.15, 0.2) is 23.4 Å². The quantitative estimate of drug-likeness (QED) is 0.214. The highest BCUT2D eigenvalue weighted by atomic mass is 16.1. The van der Waals surface area contributed by atoms with Crippen LogP contribution in [0.4, 0.5) is 5.82 Å². The van der Waals surface area contributed by atoms with Crippen molar-refractivity contribution in [3.63, 3.8) is 0 Å². The average Bonchev–Trinajstić information content (AvgIpc) is 2.18. The lowest BCUT2D eigenvalue weighted by atomic mass is 10.3. The lowest BCUT2D eigenvalue weighted by Crippen LogP contribution is -2.30. The molecule has 0 saturated heterocycles. The first-order valence-electron chi connectivity index (χ1n) is 3.46. The zero-order valence-corrected chi connectivity index (χ0v) is 6.79. The minimum atomic E-state index is 0.458. The van der Waals surface area contributed by atoms with Crippen LogP contribution in [0.3, 0.4) is 0 Å². The van der Waals surface area contributed by atoms with Crippen LogP contribution in [0.25, 0.3) is 0 Å². The van der Waals surface area contributed by atoms with Crippen molar-refractivity contribution in [3.8, 4) is 0 Å². The molecule has 0 spiro atoms. The summed E-state index contributed by atoms with van der Waals surface area (Å²) < 4.78 is 0. The summed E-state index contributed by atoms with van der Waals surface area (Å²) in [7, 11) is 0. The van der Waals surface area contributed by atoms with E-state index in [1.807, 2.05) is 0 Å². The maximum Gasteiger partial charge on any atom is 0.151 e. The number of hydrogen-bond donors (Lipinski definition) is 2. The van der Waals surface area contributed by atoms with Gasteiger partial charge in [0.15, 0.2) is 6.29 Å². The van der Waals surface area contributed by atoms with E-state index in [1.54, 1.807) is 12.1 Å². The molecule has 6 heteroatoms. The van der Waals surface area contributed by atoms with Gasteiger partial charge in [0.05, 0.1) is 0 Å². The predicted octanol–water partition coefficient (Wildman–Crippen LogP) is -0.524. The molecule has 0 fully saturated rings. The number of rotatable bonds is 3. The summed E-state index contributed by atoms with van der Waals surface area (Å²) in [6.07, 6.45) is 3.32. The Morgan fingerprint density at radius 1 is 1.54 bits per heavy atom. The third kappa shape index (κ3) is 2.24. The van der Waals surface area contributed by atoms with E-state index in [2.05, 4.69) is 10.1 Å². The van der Waals surface area contributed by atoms with Gasteiger partial charge in [-0.15, -0.1) is 0 Å². The molecule has 0 atom stereocenters. The summed E-state index contributed by atoms with van der Waals surface area (Å²) in [6, 6.07) is 3.19. The van der Waals surface area contributed by atoms with Gasteiger partial charge in [0.25, 0.3) is 0 Å². The van der Waals surface area contributed by atoms with Gasteiger partial charge in [-0.1, -0.05) is 0 Å². The normalized spacial score (nSPS) is 10.2. The summed E-state index contributed by atoms with van der Waals surface area (Å²) in [5.74, 6) is 10.8. The number of pyridine rings is 1. The summed E-state index contributed by atoms with van der Waals surface area (Å²) >= 11 is 0. The van der Waals surface area contributed by atoms with Crippen LogP contribution < -0.4 is 16.7 Å². The van der Waals surface area contributed by atoms with Gasteiger partial charge in [-0.2, -0.15) is 5.10 Å². The van der Waals surface area contributed by atoms with Crippen molar-refractivity contribution in [2.24, 2.45) is 16.8 Å². The third-order valence-corrected chi connectivity index (χ3v) is 1.36. The Hall–Kier alpha value is -1.95. The van der Waals surface area contributed by atoms with E-state index < -0.39 is 0 Å². The number of carbonyl (C=O) groups is 1. The molecule has 0 unspecified atom stereocenters. The molecule has 1 aromatic rings. The molecule has 0 aromatic carbocycles. The van der Waals surface area contributed by atoms with Gasteiger partial charge in [0, 0.05) is 11.8 Å². The molecule has 68 valence electrons. The van der Waals surface area contributed by atoms with E-state index in [1.165, 1.54) is 12.5 Å². The number of hydrogen-bond acceptors (Lipinski definition) is 5. The van der Waals surface area contributed by atoms with Gasteiger partial charge in [-0.3, -0.25) is 4.79 Å². The Bertz CT molecular complexity index is 307. The highest BCUT2D eigenvalue weighted by molar-refractivity contribution is 5.78. The number of nitrogens with zero attached hydrogens (tertiary/aromatic N) is 3. The van der Waals surface area contributed by atoms with Crippen molar-refractivity contribution in [1.29, 1.82) is 0 Å². The van der Waals surface area contributed by atoms with Crippen LogP contribution in [-0.4, -0.2) is 17.6 Å². The van der Waals surface area contributed by atoms with Crippen LogP contribution in [0.2, 0.25) is 0 Å². The topological polar surface area (TPSA) is 97.6 Å². The molecule has 1 aromatic heterocycles. The molecule has 0 bridgehead atoms. The fourth-order valence-corrected chi connectivity index (χ4v) is 0.751. The van der Waals surface area contributed by atoms with Gasteiger partial charge in [0.1, 0.15) is 12.2 Å². The highest BCUT2D eigenvalue weighted by Crippen LogP contribution is 2.04. The summed E-state index contributed by atoms with van der Waals surface area (Å²) in [6.45, 7) is 0. The highest BCUT2D eigenvalue weighted by Gasteiger charge is 1.98. The number of hydrazine groups is 1. The number of carbonyl (C=O) groups excluding carboxylic acids is 1. The first-order chi connectivity index (χ1) is 6.27. The fourth-order valence-electron chi connectivity index (χ4n) is 0.751. The Balaban J connectivity index is 2.85. The Kier molecular flexibility index (Phi) is 2.93. The van der Waals surface area contributed by atoms with Crippen molar-refractivity contribution in [2.75, 3.05) is 5.01 Å². The zero-order chi connectivity index (χ0) is 9.68. The second-order valence-electron chi connectivity index (χ2n) is 2.24. The van der Waals surface area contributed by atoms with E-state index >= 15 is 0 Å². The lowest BCUT2D eigenvalue weighted by Gasteiger charge is -2.09. The van der Waals surface area contributed by atoms with E-state index in [9.17, 15) is 4.79 Å². The van der Waals surface area contributed by atoms with Gasteiger partial charge >= 0.3 is 0 Å². The van der Waals surface area contributed by atoms with Gasteiger partial charge in [0.2, 0.25) is 0 Å². The molecule has 0 aliphatic rings. The van der Waals surface area contributed by atoms with Crippen molar-refractivity contribution in [2.45, 2.75) is 0 Å². The monoisotopic (exact) mass is 179 g/mol. The maximum atomic E-state index is 10.3. The van der Waals surface area contributed by atoms with Crippen LogP contribution in [0, 0.1) is 0 Å². The number of aldehydes is 1. The fraction of sp³-hybridized carbons (Fsp3) is 0. The van der Waals surface area contributed by atoms with Crippen LogP contribution >= 0.6 is 0 Å². The van der Waals surface area contributed by atoms with E-state index in [4.69, 9.17) is 11.7 Å². The van der Waals surface area contributed by atoms with E-state index in [0.29, 0.717) is 17.7 Å². The molecule has 13 heavy (non-hydrogen) atoms. The van der Waals surface area contributed by atoms with Crippen molar-refractivity contribution >= 4 is 18.4 Å². The minimum absolute atomic E-state index is 0.458. The average molecular weight is 179 g/mol. The minimum Gasteiger partial charge on any atom is -0.322 e. The van der Waals surface area contributed by atoms with E-state index in [-0.39, 0.29) is 0 Å². The van der Waals surface area contributed by atoms with Crippen LogP contribution in [0.1, 0.15) is 10.4 Å². The maximum absolute atomic E-state index is 10.3. The van der Waals surface area contributed by atoms with E-state index in [0.717, 1.165) is 5.01 Å². The molecule has 0 aliphatic heterocycles. The van der Waals surface area contributed by atoms with Crippen molar-refractivity contribution in [1.82, 2.24) is 4.98 Å². The Labute approximate surface area is 74.8 Å². The third-order valence-electron chi connectivity index (χ3n) is 1.36. The molecular formula is C7H9N5O. The predicted molar refractivity (Wildman–Crippen MR) is 49.0 cm³/mol. The molecule has 0 saturated carbocycles. The summed E-state index contributed by atoms with van der Waals surface area (Å²) in [5, 5.41) is 4.37. The second kappa shape index (κ2) is 4.17. The number of nitrogens with two attached hydrogens (primary N) is 2. The summed E-state index contributed by atoms with van der Waals surface area (Å²) in [4.78, 5) is 14.2. The van der Waals surface area contributed by atoms with Crippen LogP contribution in [-0.2, 0) is 0 Å². The van der Waals surface area contributed by atoms with Gasteiger partial charge in [-0.25, -0.2) is 15.8 Å². The molecule has 6 nitrogen and oxygen atoms in total. The first kappa shape index (κ1) is 9.14. The van der Waals surface area contributed by atoms with Crippen molar-refractivity contribution in [3.05, 3.63) is 23.9 Å². The standard InChI is InChI=1S/C7H9N5O/c8-11-5-12(9)7-2-1-6(4-13)3-10-7/h1-5H,8-9H2/b11-5-. The number of anilines is 1.